The maximum atomic E-state index is 11.8. The zero-order valence-corrected chi connectivity index (χ0v) is 10.5. The van der Waals surface area contributed by atoms with Crippen molar-refractivity contribution in [2.75, 3.05) is 26.2 Å². The number of rotatable bonds is 5. The second-order valence-corrected chi connectivity index (χ2v) is 5.19. The Morgan fingerprint density at radius 1 is 1.44 bits per heavy atom. The fourth-order valence-corrected chi connectivity index (χ4v) is 2.38. The van der Waals surface area contributed by atoms with Crippen molar-refractivity contribution in [1.29, 1.82) is 0 Å². The van der Waals surface area contributed by atoms with Crippen LogP contribution >= 0.6 is 0 Å². The Labute approximate surface area is 107 Å². The van der Waals surface area contributed by atoms with E-state index in [0.717, 1.165) is 38.2 Å². The van der Waals surface area contributed by atoms with Crippen LogP contribution in [0.2, 0.25) is 0 Å². The highest BCUT2D eigenvalue weighted by molar-refractivity contribution is 5.92. The van der Waals surface area contributed by atoms with Crippen LogP contribution in [0.5, 0.6) is 0 Å². The highest BCUT2D eigenvalue weighted by Crippen LogP contribution is 2.40. The lowest BCUT2D eigenvalue weighted by Gasteiger charge is -2.14. The predicted molar refractivity (Wildman–Crippen MR) is 66.5 cm³/mol. The number of carbonyl (C=O) groups is 1. The van der Waals surface area contributed by atoms with Gasteiger partial charge < -0.3 is 14.7 Å². The molecule has 0 aromatic carbocycles. The summed E-state index contributed by atoms with van der Waals surface area (Å²) in [5.74, 6) is 1.24. The molecule has 1 N–H and O–H groups in total. The number of carbonyl (C=O) groups excluding carboxylic acids is 1. The molecule has 0 bridgehead atoms. The van der Waals surface area contributed by atoms with Gasteiger partial charge in [0.15, 0.2) is 5.69 Å². The van der Waals surface area contributed by atoms with Gasteiger partial charge in [-0.3, -0.25) is 4.79 Å². The Bertz CT molecular complexity index is 420. The molecule has 3 rings (SSSR count). The van der Waals surface area contributed by atoms with Crippen molar-refractivity contribution in [3.63, 3.8) is 0 Å². The van der Waals surface area contributed by atoms with Gasteiger partial charge in [0.25, 0.3) is 5.91 Å². The van der Waals surface area contributed by atoms with E-state index >= 15 is 0 Å². The molecule has 18 heavy (non-hydrogen) atoms. The molecule has 1 saturated heterocycles. The van der Waals surface area contributed by atoms with Crippen LogP contribution in [-0.2, 0) is 0 Å². The lowest BCUT2D eigenvalue weighted by atomic mass is 10.3. The van der Waals surface area contributed by atoms with Crippen molar-refractivity contribution in [2.45, 2.75) is 31.6 Å². The molecular weight excluding hydrogens is 230 g/mol. The zero-order valence-electron chi connectivity index (χ0n) is 10.5. The van der Waals surface area contributed by atoms with E-state index in [0.29, 0.717) is 18.2 Å². The molecule has 1 aromatic heterocycles. The second kappa shape index (κ2) is 5.10. The molecule has 0 spiro atoms. The van der Waals surface area contributed by atoms with Gasteiger partial charge in [-0.1, -0.05) is 5.16 Å². The van der Waals surface area contributed by atoms with Gasteiger partial charge in [-0.25, -0.2) is 0 Å². The molecule has 0 atom stereocenters. The topological polar surface area (TPSA) is 58.4 Å². The van der Waals surface area contributed by atoms with Crippen molar-refractivity contribution in [2.24, 2.45) is 0 Å². The molecule has 98 valence electrons. The van der Waals surface area contributed by atoms with E-state index in [-0.39, 0.29) is 5.91 Å². The average Bonchev–Trinajstić information content (AvgIpc) is 2.92. The van der Waals surface area contributed by atoms with E-state index in [1.807, 2.05) is 0 Å². The average molecular weight is 249 g/mol. The summed E-state index contributed by atoms with van der Waals surface area (Å²) in [5.41, 5.74) is 0.415. The Morgan fingerprint density at radius 2 is 2.22 bits per heavy atom. The summed E-state index contributed by atoms with van der Waals surface area (Å²) in [4.78, 5) is 14.2. The molecule has 1 aliphatic heterocycles. The minimum Gasteiger partial charge on any atom is -0.360 e. The summed E-state index contributed by atoms with van der Waals surface area (Å²) in [7, 11) is 0. The molecule has 5 heteroatoms. The maximum Gasteiger partial charge on any atom is 0.273 e. The van der Waals surface area contributed by atoms with Gasteiger partial charge in [-0.15, -0.1) is 0 Å². The summed E-state index contributed by atoms with van der Waals surface area (Å²) >= 11 is 0. The zero-order chi connectivity index (χ0) is 12.4. The van der Waals surface area contributed by atoms with Crippen LogP contribution in [0.3, 0.4) is 0 Å². The third-order valence-electron chi connectivity index (χ3n) is 3.65. The van der Waals surface area contributed by atoms with Gasteiger partial charge in [0.2, 0.25) is 0 Å². The second-order valence-electron chi connectivity index (χ2n) is 5.19. The minimum absolute atomic E-state index is 0.121. The van der Waals surface area contributed by atoms with E-state index in [9.17, 15) is 4.79 Å². The van der Waals surface area contributed by atoms with Crippen LogP contribution in [0.1, 0.15) is 47.8 Å². The fourth-order valence-electron chi connectivity index (χ4n) is 2.38. The van der Waals surface area contributed by atoms with Gasteiger partial charge in [0, 0.05) is 25.1 Å². The fraction of sp³-hybridized carbons (Fsp3) is 0.692. The number of hydrogen-bond donors (Lipinski definition) is 1. The van der Waals surface area contributed by atoms with Crippen LogP contribution in [0.4, 0.5) is 0 Å². The third-order valence-corrected chi connectivity index (χ3v) is 3.65. The van der Waals surface area contributed by atoms with Crippen LogP contribution < -0.4 is 5.32 Å². The van der Waals surface area contributed by atoms with E-state index < -0.39 is 0 Å². The molecule has 2 fully saturated rings. The highest BCUT2D eigenvalue weighted by Gasteiger charge is 2.28. The largest absolute Gasteiger partial charge is 0.360 e. The van der Waals surface area contributed by atoms with E-state index in [4.69, 9.17) is 4.52 Å². The van der Waals surface area contributed by atoms with Crippen LogP contribution in [0.25, 0.3) is 0 Å². The van der Waals surface area contributed by atoms with E-state index in [2.05, 4.69) is 15.4 Å². The number of aromatic nitrogens is 1. The van der Waals surface area contributed by atoms with Gasteiger partial charge in [-0.2, -0.15) is 0 Å². The minimum atomic E-state index is -0.121. The Balaban J connectivity index is 1.44. The van der Waals surface area contributed by atoms with Crippen LogP contribution in [-0.4, -0.2) is 42.1 Å². The van der Waals surface area contributed by atoms with Crippen molar-refractivity contribution < 1.29 is 9.32 Å². The summed E-state index contributed by atoms with van der Waals surface area (Å²) in [6.07, 6.45) is 4.88. The van der Waals surface area contributed by atoms with Crippen molar-refractivity contribution in [3.05, 3.63) is 17.5 Å². The predicted octanol–water partition coefficient (Wildman–Crippen LogP) is 1.38. The number of nitrogens with zero attached hydrogens (tertiary/aromatic N) is 2. The molecule has 2 heterocycles. The number of amides is 1. The van der Waals surface area contributed by atoms with E-state index in [1.165, 1.54) is 12.8 Å². The van der Waals surface area contributed by atoms with Crippen molar-refractivity contribution in [1.82, 2.24) is 15.4 Å². The van der Waals surface area contributed by atoms with Gasteiger partial charge in [0.1, 0.15) is 5.76 Å². The molecule has 2 aliphatic rings. The summed E-state index contributed by atoms with van der Waals surface area (Å²) in [6.45, 7) is 3.93. The highest BCUT2D eigenvalue weighted by atomic mass is 16.5. The van der Waals surface area contributed by atoms with Gasteiger partial charge in [0.05, 0.1) is 0 Å². The number of likely N-dealkylation sites (tertiary alicyclic amines) is 1. The van der Waals surface area contributed by atoms with Crippen LogP contribution in [0.15, 0.2) is 10.6 Å². The molecule has 1 saturated carbocycles. The molecule has 1 aromatic rings. The number of hydrogen-bond acceptors (Lipinski definition) is 4. The first kappa shape index (κ1) is 11.7. The first-order valence-corrected chi connectivity index (χ1v) is 6.80. The summed E-state index contributed by atoms with van der Waals surface area (Å²) < 4.78 is 5.17. The molecule has 5 nitrogen and oxygen atoms in total. The lowest BCUT2D eigenvalue weighted by Crippen LogP contribution is -2.33. The monoisotopic (exact) mass is 249 g/mol. The van der Waals surface area contributed by atoms with Crippen LogP contribution in [0, 0.1) is 0 Å². The van der Waals surface area contributed by atoms with Crippen molar-refractivity contribution in [3.8, 4) is 0 Å². The normalized spacial score (nSPS) is 20.2. The molecule has 0 unspecified atom stereocenters. The SMILES string of the molecule is O=C(NCCN1CCCC1)c1cc(C2CC2)on1. The standard InChI is InChI=1S/C13H19N3O2/c17-13(14-5-8-16-6-1-2-7-16)11-9-12(18-15-11)10-3-4-10/h9-10H,1-8H2,(H,14,17). The smallest absolute Gasteiger partial charge is 0.273 e. The molecule has 0 radical (unpaired) electrons. The van der Waals surface area contributed by atoms with Crippen molar-refractivity contribution >= 4 is 5.91 Å². The van der Waals surface area contributed by atoms with E-state index in [1.54, 1.807) is 6.07 Å². The lowest BCUT2D eigenvalue weighted by molar-refractivity contribution is 0.0940. The quantitative estimate of drug-likeness (QED) is 0.856. The molecule has 1 amide bonds. The Hall–Kier alpha value is -1.36. The van der Waals surface area contributed by atoms with Gasteiger partial charge in [-0.05, 0) is 38.8 Å². The summed E-state index contributed by atoms with van der Waals surface area (Å²) in [6, 6.07) is 1.78. The van der Waals surface area contributed by atoms with Gasteiger partial charge >= 0.3 is 0 Å². The molecule has 1 aliphatic carbocycles. The molecular formula is C13H19N3O2. The maximum absolute atomic E-state index is 11.8. The summed E-state index contributed by atoms with van der Waals surface area (Å²) in [5, 5.41) is 6.72. The first-order valence-electron chi connectivity index (χ1n) is 6.80. The number of nitrogens with one attached hydrogen (secondary N) is 1. The first-order chi connectivity index (χ1) is 8.83. The third kappa shape index (κ3) is 2.72. The Kier molecular flexibility index (Phi) is 3.32. The Morgan fingerprint density at radius 3 is 2.94 bits per heavy atom.